The van der Waals surface area contributed by atoms with Gasteiger partial charge in [0.15, 0.2) is 0 Å². The van der Waals surface area contributed by atoms with Crippen LogP contribution >= 0.6 is 0 Å². The van der Waals surface area contributed by atoms with Gasteiger partial charge in [0.1, 0.15) is 0 Å². The Balaban J connectivity index is 2.19. The number of nitro benzene ring substituents is 1. The zero-order valence-electron chi connectivity index (χ0n) is 12.8. The Bertz CT molecular complexity index is 497. The van der Waals surface area contributed by atoms with E-state index in [0.717, 1.165) is 30.9 Å². The highest BCUT2D eigenvalue weighted by atomic mass is 16.6. The zero-order valence-corrected chi connectivity index (χ0v) is 12.8. The van der Waals surface area contributed by atoms with E-state index >= 15 is 0 Å². The summed E-state index contributed by atoms with van der Waals surface area (Å²) in [5.74, 6) is 0. The van der Waals surface area contributed by atoms with Gasteiger partial charge in [0, 0.05) is 44.0 Å². The lowest BCUT2D eigenvalue weighted by atomic mass is 10.1. The molecule has 1 aliphatic heterocycles. The SMILES string of the molecule is CCNc1ccc([N+](=O)[O-])cc1CN1C[C@@H](C)O[C@@H](C)C1. The maximum atomic E-state index is 11.0. The minimum absolute atomic E-state index is 0.140. The average molecular weight is 293 g/mol. The Morgan fingerprint density at radius 1 is 1.38 bits per heavy atom. The molecule has 116 valence electrons. The molecule has 1 aliphatic rings. The van der Waals surface area contributed by atoms with Crippen LogP contribution in [0.4, 0.5) is 11.4 Å². The van der Waals surface area contributed by atoms with Crippen molar-refractivity contribution in [2.75, 3.05) is 25.0 Å². The van der Waals surface area contributed by atoms with Crippen molar-refractivity contribution in [1.82, 2.24) is 4.90 Å². The maximum Gasteiger partial charge on any atom is 0.269 e. The molecule has 1 aromatic rings. The minimum atomic E-state index is -0.343. The molecule has 1 fully saturated rings. The van der Waals surface area contributed by atoms with Gasteiger partial charge in [-0.1, -0.05) is 0 Å². The summed E-state index contributed by atoms with van der Waals surface area (Å²) in [7, 11) is 0. The first kappa shape index (κ1) is 15.7. The van der Waals surface area contributed by atoms with Crippen molar-refractivity contribution < 1.29 is 9.66 Å². The fourth-order valence-electron chi connectivity index (χ4n) is 2.84. The minimum Gasteiger partial charge on any atom is -0.385 e. The molecule has 1 N–H and O–H groups in total. The second-order valence-corrected chi connectivity index (χ2v) is 5.58. The van der Waals surface area contributed by atoms with Gasteiger partial charge in [-0.3, -0.25) is 15.0 Å². The molecule has 0 aromatic heterocycles. The van der Waals surface area contributed by atoms with Crippen LogP contribution in [0.1, 0.15) is 26.3 Å². The van der Waals surface area contributed by atoms with E-state index in [-0.39, 0.29) is 22.8 Å². The third kappa shape index (κ3) is 4.15. The number of benzene rings is 1. The topological polar surface area (TPSA) is 67.6 Å². The maximum absolute atomic E-state index is 11.0. The van der Waals surface area contributed by atoms with Crippen LogP contribution < -0.4 is 5.32 Å². The molecule has 2 atom stereocenters. The lowest BCUT2D eigenvalue weighted by Crippen LogP contribution is -2.44. The van der Waals surface area contributed by atoms with E-state index in [0.29, 0.717) is 6.54 Å². The lowest BCUT2D eigenvalue weighted by Gasteiger charge is -2.35. The third-order valence-corrected chi connectivity index (χ3v) is 3.56. The number of nitrogens with zero attached hydrogens (tertiary/aromatic N) is 2. The summed E-state index contributed by atoms with van der Waals surface area (Å²) in [5, 5.41) is 14.2. The molecule has 1 aromatic carbocycles. The molecule has 1 heterocycles. The van der Waals surface area contributed by atoms with E-state index < -0.39 is 0 Å². The van der Waals surface area contributed by atoms with Crippen LogP contribution in [0.3, 0.4) is 0 Å². The second kappa shape index (κ2) is 6.87. The van der Waals surface area contributed by atoms with Crippen molar-refractivity contribution in [1.29, 1.82) is 0 Å². The molecule has 6 heteroatoms. The second-order valence-electron chi connectivity index (χ2n) is 5.58. The first-order chi connectivity index (χ1) is 9.99. The van der Waals surface area contributed by atoms with Crippen molar-refractivity contribution >= 4 is 11.4 Å². The Kier molecular flexibility index (Phi) is 5.14. The summed E-state index contributed by atoms with van der Waals surface area (Å²) in [6.45, 7) is 9.31. The molecule has 0 spiro atoms. The van der Waals surface area contributed by atoms with E-state index in [4.69, 9.17) is 4.74 Å². The third-order valence-electron chi connectivity index (χ3n) is 3.56. The van der Waals surface area contributed by atoms with Gasteiger partial charge in [-0.2, -0.15) is 0 Å². The number of non-ortho nitro benzene ring substituents is 1. The Morgan fingerprint density at radius 3 is 2.62 bits per heavy atom. The Hall–Kier alpha value is -1.66. The number of morpholine rings is 1. The molecule has 6 nitrogen and oxygen atoms in total. The van der Waals surface area contributed by atoms with Gasteiger partial charge < -0.3 is 10.1 Å². The van der Waals surface area contributed by atoms with Crippen molar-refractivity contribution in [3.8, 4) is 0 Å². The largest absolute Gasteiger partial charge is 0.385 e. The van der Waals surface area contributed by atoms with Gasteiger partial charge in [0.25, 0.3) is 5.69 Å². The van der Waals surface area contributed by atoms with Gasteiger partial charge >= 0.3 is 0 Å². The van der Waals surface area contributed by atoms with Gasteiger partial charge in [0.2, 0.25) is 0 Å². The number of nitrogens with one attached hydrogen (secondary N) is 1. The van der Waals surface area contributed by atoms with Crippen LogP contribution in [0.5, 0.6) is 0 Å². The van der Waals surface area contributed by atoms with E-state index in [2.05, 4.69) is 24.1 Å². The predicted molar refractivity (Wildman–Crippen MR) is 82.5 cm³/mol. The number of nitro groups is 1. The Labute approximate surface area is 125 Å². The molecular weight excluding hydrogens is 270 g/mol. The van der Waals surface area contributed by atoms with E-state index in [1.165, 1.54) is 0 Å². The van der Waals surface area contributed by atoms with Gasteiger partial charge in [-0.05, 0) is 32.4 Å². The van der Waals surface area contributed by atoms with Crippen LogP contribution in [0.25, 0.3) is 0 Å². The summed E-state index contributed by atoms with van der Waals surface area (Å²) < 4.78 is 5.73. The van der Waals surface area contributed by atoms with Crippen LogP contribution in [0, 0.1) is 10.1 Å². The van der Waals surface area contributed by atoms with E-state index in [9.17, 15) is 10.1 Å². The highest BCUT2D eigenvalue weighted by Crippen LogP contribution is 2.25. The number of ether oxygens (including phenoxy) is 1. The molecular formula is C15H23N3O3. The summed E-state index contributed by atoms with van der Waals surface area (Å²) in [6.07, 6.45) is 0.380. The molecule has 2 rings (SSSR count). The first-order valence-corrected chi connectivity index (χ1v) is 7.38. The molecule has 21 heavy (non-hydrogen) atoms. The molecule has 0 unspecified atom stereocenters. The molecule has 0 radical (unpaired) electrons. The van der Waals surface area contributed by atoms with Gasteiger partial charge in [0.05, 0.1) is 17.1 Å². The standard InChI is InChI=1S/C15H23N3O3/c1-4-16-15-6-5-14(18(19)20)7-13(15)10-17-8-11(2)21-12(3)9-17/h5-7,11-12,16H,4,8-10H2,1-3H3/t11-,12+. The molecule has 0 saturated carbocycles. The van der Waals surface area contributed by atoms with Crippen molar-refractivity contribution in [2.24, 2.45) is 0 Å². The summed E-state index contributed by atoms with van der Waals surface area (Å²) >= 11 is 0. The van der Waals surface area contributed by atoms with Gasteiger partial charge in [-0.15, -0.1) is 0 Å². The normalized spacial score (nSPS) is 23.0. The summed E-state index contributed by atoms with van der Waals surface area (Å²) in [6, 6.07) is 5.01. The zero-order chi connectivity index (χ0) is 15.4. The highest BCUT2D eigenvalue weighted by molar-refractivity contribution is 5.56. The van der Waals surface area contributed by atoms with Crippen LogP contribution in [-0.2, 0) is 11.3 Å². The molecule has 0 bridgehead atoms. The monoisotopic (exact) mass is 293 g/mol. The van der Waals surface area contributed by atoms with Crippen LogP contribution in [-0.4, -0.2) is 41.7 Å². The number of hydrogen-bond donors (Lipinski definition) is 1. The summed E-state index contributed by atoms with van der Waals surface area (Å²) in [4.78, 5) is 12.9. The fourth-order valence-corrected chi connectivity index (χ4v) is 2.84. The quantitative estimate of drug-likeness (QED) is 0.667. The van der Waals surface area contributed by atoms with Crippen molar-refractivity contribution in [3.05, 3.63) is 33.9 Å². The van der Waals surface area contributed by atoms with Crippen molar-refractivity contribution in [3.63, 3.8) is 0 Å². The first-order valence-electron chi connectivity index (χ1n) is 7.38. The molecule has 0 amide bonds. The number of anilines is 1. The van der Waals surface area contributed by atoms with Crippen molar-refractivity contribution in [2.45, 2.75) is 39.5 Å². The number of rotatable bonds is 5. The van der Waals surface area contributed by atoms with Crippen LogP contribution in [0.2, 0.25) is 0 Å². The number of hydrogen-bond acceptors (Lipinski definition) is 5. The van der Waals surface area contributed by atoms with Crippen LogP contribution in [0.15, 0.2) is 18.2 Å². The van der Waals surface area contributed by atoms with E-state index in [1.807, 2.05) is 6.92 Å². The average Bonchev–Trinajstić information content (AvgIpc) is 2.39. The summed E-state index contributed by atoms with van der Waals surface area (Å²) in [5.41, 5.74) is 2.07. The molecule has 0 aliphatic carbocycles. The molecule has 1 saturated heterocycles. The van der Waals surface area contributed by atoms with E-state index in [1.54, 1.807) is 18.2 Å². The Morgan fingerprint density at radius 2 is 2.05 bits per heavy atom. The fraction of sp³-hybridized carbons (Fsp3) is 0.600. The van der Waals surface area contributed by atoms with Gasteiger partial charge in [-0.25, -0.2) is 0 Å². The smallest absolute Gasteiger partial charge is 0.269 e. The highest BCUT2D eigenvalue weighted by Gasteiger charge is 2.23. The lowest BCUT2D eigenvalue weighted by molar-refractivity contribution is -0.384. The predicted octanol–water partition coefficient (Wildman–Crippen LogP) is 2.64.